The molecular formula is C33H38N8O2. The van der Waals surface area contributed by atoms with E-state index in [1.807, 2.05) is 22.2 Å². The van der Waals surface area contributed by atoms with E-state index in [0.29, 0.717) is 6.54 Å². The minimum Gasteiger partial charge on any atom is -0.340 e. The molecule has 2 aromatic heterocycles. The Hall–Kier alpha value is -4.28. The van der Waals surface area contributed by atoms with Gasteiger partial charge in [-0.05, 0) is 67.7 Å². The van der Waals surface area contributed by atoms with Crippen molar-refractivity contribution in [3.63, 3.8) is 0 Å². The Bertz CT molecular complexity index is 1630. The monoisotopic (exact) mass is 578 g/mol. The van der Waals surface area contributed by atoms with Crippen LogP contribution in [0.25, 0.3) is 33.6 Å². The number of imidazole rings is 2. The average molecular weight is 579 g/mol. The number of likely N-dealkylation sites (tertiary alicyclic amines) is 2. The third-order valence-corrected chi connectivity index (χ3v) is 9.20. The van der Waals surface area contributed by atoms with Crippen LogP contribution in [0.3, 0.4) is 0 Å². The summed E-state index contributed by atoms with van der Waals surface area (Å²) < 4.78 is 0. The fourth-order valence-electron chi connectivity index (χ4n) is 6.49. The highest BCUT2D eigenvalue weighted by Crippen LogP contribution is 2.40. The van der Waals surface area contributed by atoms with E-state index in [9.17, 15) is 9.59 Å². The third-order valence-electron chi connectivity index (χ3n) is 9.20. The topological polar surface area (TPSA) is 150 Å². The molecule has 2 saturated heterocycles. The van der Waals surface area contributed by atoms with Crippen molar-refractivity contribution in [1.29, 1.82) is 0 Å². The molecule has 10 heteroatoms. The summed E-state index contributed by atoms with van der Waals surface area (Å²) in [6.45, 7) is 3.18. The number of carbonyl (C=O) groups excluding carboxylic acids is 2. The molecule has 0 radical (unpaired) electrons. The van der Waals surface area contributed by atoms with E-state index in [4.69, 9.17) is 11.5 Å². The van der Waals surface area contributed by atoms with Crippen LogP contribution in [0.1, 0.15) is 69.2 Å². The van der Waals surface area contributed by atoms with Gasteiger partial charge in [-0.3, -0.25) is 9.59 Å². The lowest BCUT2D eigenvalue weighted by atomic mass is 10.0. The highest BCUT2D eigenvalue weighted by Gasteiger charge is 2.50. The highest BCUT2D eigenvalue weighted by atomic mass is 16.2. The molecule has 4 heterocycles. The van der Waals surface area contributed by atoms with Crippen molar-refractivity contribution >= 4 is 11.8 Å². The summed E-state index contributed by atoms with van der Waals surface area (Å²) in [5.41, 5.74) is 17.6. The van der Waals surface area contributed by atoms with Gasteiger partial charge in [0, 0.05) is 13.1 Å². The number of nitrogens with two attached hydrogens (primary N) is 2. The Kier molecular flexibility index (Phi) is 6.90. The van der Waals surface area contributed by atoms with Gasteiger partial charge in [0.2, 0.25) is 11.8 Å². The first kappa shape index (κ1) is 27.5. The number of hydrogen-bond acceptors (Lipinski definition) is 6. The summed E-state index contributed by atoms with van der Waals surface area (Å²) in [6.07, 6.45) is 8.93. The van der Waals surface area contributed by atoms with Gasteiger partial charge in [0.05, 0.1) is 47.4 Å². The highest BCUT2D eigenvalue weighted by molar-refractivity contribution is 5.89. The van der Waals surface area contributed by atoms with Gasteiger partial charge in [0.25, 0.3) is 0 Å². The number of aromatic amines is 2. The van der Waals surface area contributed by atoms with Crippen molar-refractivity contribution < 1.29 is 9.59 Å². The number of H-pyrrole nitrogens is 2. The molecule has 7 rings (SSSR count). The van der Waals surface area contributed by atoms with E-state index >= 15 is 0 Å². The largest absolute Gasteiger partial charge is 0.340 e. The SMILES string of the molecule is C[C@H](N)C(=O)N1CCC[C@H]1c1ncc(-c2ccc(-c3ccc(-c4cnc([C@@H]5CCCN5C(=O)C5(N)CC5)[nH]4)cc3)cc2)[nH]1. The zero-order chi connectivity index (χ0) is 29.7. The minimum absolute atomic E-state index is 0.0328. The fraction of sp³-hybridized carbons (Fsp3) is 0.394. The number of nitrogens with one attached hydrogen (secondary N) is 2. The minimum atomic E-state index is -0.657. The maximum absolute atomic E-state index is 12.9. The molecule has 0 bridgehead atoms. The lowest BCUT2D eigenvalue weighted by Crippen LogP contribution is -2.45. The van der Waals surface area contributed by atoms with Gasteiger partial charge in [-0.1, -0.05) is 48.5 Å². The van der Waals surface area contributed by atoms with Crippen LogP contribution < -0.4 is 11.5 Å². The molecule has 3 fully saturated rings. The molecule has 3 aliphatic rings. The zero-order valence-electron chi connectivity index (χ0n) is 24.4. The molecule has 0 spiro atoms. The number of aromatic nitrogens is 4. The predicted octanol–water partition coefficient (Wildman–Crippen LogP) is 4.30. The normalized spacial score (nSPS) is 21.7. The second-order valence-electron chi connectivity index (χ2n) is 12.3. The molecular weight excluding hydrogens is 540 g/mol. The van der Waals surface area contributed by atoms with Crippen molar-refractivity contribution in [2.75, 3.05) is 13.1 Å². The van der Waals surface area contributed by atoms with Gasteiger partial charge < -0.3 is 31.2 Å². The van der Waals surface area contributed by atoms with Crippen LogP contribution >= 0.6 is 0 Å². The lowest BCUT2D eigenvalue weighted by Gasteiger charge is -2.26. The number of benzene rings is 2. The van der Waals surface area contributed by atoms with Gasteiger partial charge in [0.1, 0.15) is 11.6 Å². The summed E-state index contributed by atoms with van der Waals surface area (Å²) in [7, 11) is 0. The summed E-state index contributed by atoms with van der Waals surface area (Å²) >= 11 is 0. The van der Waals surface area contributed by atoms with E-state index in [1.54, 1.807) is 6.92 Å². The van der Waals surface area contributed by atoms with E-state index < -0.39 is 11.6 Å². The molecule has 6 N–H and O–H groups in total. The number of hydrogen-bond donors (Lipinski definition) is 4. The molecule has 222 valence electrons. The van der Waals surface area contributed by atoms with Crippen LogP contribution in [0.4, 0.5) is 0 Å². The zero-order valence-corrected chi connectivity index (χ0v) is 24.4. The Morgan fingerprint density at radius 2 is 1.23 bits per heavy atom. The molecule has 10 nitrogen and oxygen atoms in total. The number of nitrogens with zero attached hydrogens (tertiary/aromatic N) is 4. The number of rotatable bonds is 7. The van der Waals surface area contributed by atoms with Crippen molar-refractivity contribution in [2.24, 2.45) is 11.5 Å². The smallest absolute Gasteiger partial charge is 0.243 e. The van der Waals surface area contributed by atoms with E-state index in [1.165, 1.54) is 0 Å². The van der Waals surface area contributed by atoms with Gasteiger partial charge >= 0.3 is 0 Å². The molecule has 2 amide bonds. The summed E-state index contributed by atoms with van der Waals surface area (Å²) in [5, 5.41) is 0. The first-order chi connectivity index (χ1) is 20.8. The Morgan fingerprint density at radius 1 is 0.791 bits per heavy atom. The first-order valence-electron chi connectivity index (χ1n) is 15.3. The summed E-state index contributed by atoms with van der Waals surface area (Å²) in [6, 6.07) is 16.2. The maximum Gasteiger partial charge on any atom is 0.243 e. The van der Waals surface area contributed by atoms with Gasteiger partial charge in [-0.15, -0.1) is 0 Å². The van der Waals surface area contributed by atoms with Gasteiger partial charge in [-0.2, -0.15) is 0 Å². The molecule has 0 unspecified atom stereocenters. The number of carbonyl (C=O) groups is 2. The van der Waals surface area contributed by atoms with Gasteiger partial charge in [-0.25, -0.2) is 9.97 Å². The molecule has 43 heavy (non-hydrogen) atoms. The number of amides is 2. The molecule has 1 aliphatic carbocycles. The predicted molar refractivity (Wildman–Crippen MR) is 164 cm³/mol. The third kappa shape index (κ3) is 5.14. The van der Waals surface area contributed by atoms with Crippen LogP contribution in [-0.2, 0) is 9.59 Å². The standard InChI is InChI=1S/C33H38N8O2/c1-20(34)31(42)40-16-2-4-27(40)29-36-18-25(38-29)23-10-6-21(7-11-23)22-8-12-24(13-9-22)26-19-37-30(39-26)28-5-3-17-41(28)32(43)33(35)14-15-33/h6-13,18-20,27-28H,2-5,14-17,34-35H2,1H3,(H,36,38)(H,37,39)/t20-,27-,28-/m0/s1. The Morgan fingerprint density at radius 3 is 1.70 bits per heavy atom. The van der Waals surface area contributed by atoms with Gasteiger partial charge in [0.15, 0.2) is 0 Å². The second kappa shape index (κ2) is 10.8. The van der Waals surface area contributed by atoms with Crippen LogP contribution in [0.15, 0.2) is 60.9 Å². The average Bonchev–Trinajstić information content (AvgIpc) is 3.62. The van der Waals surface area contributed by atoms with Crippen LogP contribution in [0, 0.1) is 0 Å². The molecule has 4 aromatic rings. The van der Waals surface area contributed by atoms with E-state index in [0.717, 1.165) is 90.4 Å². The van der Waals surface area contributed by atoms with Crippen molar-refractivity contribution in [3.05, 3.63) is 72.6 Å². The van der Waals surface area contributed by atoms with Crippen molar-refractivity contribution in [1.82, 2.24) is 29.7 Å². The van der Waals surface area contributed by atoms with E-state index in [-0.39, 0.29) is 23.9 Å². The van der Waals surface area contributed by atoms with Crippen LogP contribution in [0.2, 0.25) is 0 Å². The quantitative estimate of drug-likeness (QED) is 0.257. The second-order valence-corrected chi connectivity index (χ2v) is 12.3. The van der Waals surface area contributed by atoms with Crippen molar-refractivity contribution in [2.45, 2.75) is 69.1 Å². The Labute approximate surface area is 250 Å². The fourth-order valence-corrected chi connectivity index (χ4v) is 6.49. The van der Waals surface area contributed by atoms with Crippen LogP contribution in [-0.4, -0.2) is 66.2 Å². The maximum atomic E-state index is 12.9. The van der Waals surface area contributed by atoms with Crippen molar-refractivity contribution in [3.8, 4) is 33.6 Å². The lowest BCUT2D eigenvalue weighted by molar-refractivity contribution is -0.135. The summed E-state index contributed by atoms with van der Waals surface area (Å²) in [5.74, 6) is 1.66. The molecule has 2 aromatic carbocycles. The molecule has 3 atom stereocenters. The molecule has 2 aliphatic heterocycles. The van der Waals surface area contributed by atoms with Crippen LogP contribution in [0.5, 0.6) is 0 Å². The molecule has 1 saturated carbocycles. The van der Waals surface area contributed by atoms with E-state index in [2.05, 4.69) is 68.5 Å². The summed E-state index contributed by atoms with van der Waals surface area (Å²) in [4.78, 5) is 45.4. The first-order valence-corrected chi connectivity index (χ1v) is 15.3. The Balaban J connectivity index is 1.03.